The molecule has 1 saturated carbocycles. The molecular formula is C13H14O2. The number of rotatable bonds is 2. The van der Waals surface area contributed by atoms with Crippen LogP contribution < -0.4 is 4.74 Å². The monoisotopic (exact) mass is 202 g/mol. The smallest absolute Gasteiger partial charge is 0.165 e. The van der Waals surface area contributed by atoms with Crippen LogP contribution in [-0.2, 0) is 6.42 Å². The molecule has 0 N–H and O–H groups in total. The van der Waals surface area contributed by atoms with Crippen LogP contribution in [0.5, 0.6) is 5.75 Å². The van der Waals surface area contributed by atoms with E-state index in [1.54, 1.807) is 0 Å². The second-order valence-corrected chi connectivity index (χ2v) is 4.41. The highest BCUT2D eigenvalue weighted by molar-refractivity contribution is 5.98. The molecular weight excluding hydrogens is 188 g/mol. The van der Waals surface area contributed by atoms with Gasteiger partial charge in [0.1, 0.15) is 5.75 Å². The predicted octanol–water partition coefficient (Wildman–Crippen LogP) is 2.60. The molecule has 2 aliphatic rings. The molecule has 2 nitrogen and oxygen atoms in total. The first kappa shape index (κ1) is 8.96. The van der Waals surface area contributed by atoms with E-state index >= 15 is 0 Å². The Balaban J connectivity index is 1.88. The van der Waals surface area contributed by atoms with E-state index < -0.39 is 0 Å². The maximum atomic E-state index is 12.0. The maximum Gasteiger partial charge on any atom is 0.165 e. The molecule has 1 fully saturated rings. The number of fused-ring (bicyclic) bond motifs is 1. The summed E-state index contributed by atoms with van der Waals surface area (Å²) in [7, 11) is 0. The van der Waals surface area contributed by atoms with Crippen LogP contribution in [-0.4, -0.2) is 12.4 Å². The molecule has 1 aliphatic carbocycles. The minimum atomic E-state index is 0.297. The number of Topliss-reactive ketones (excluding diaryl/α,β-unsaturated/α-hetero) is 1. The van der Waals surface area contributed by atoms with Gasteiger partial charge in [-0.05, 0) is 36.6 Å². The predicted molar refractivity (Wildman–Crippen MR) is 57.3 cm³/mol. The van der Waals surface area contributed by atoms with Gasteiger partial charge < -0.3 is 4.74 Å². The van der Waals surface area contributed by atoms with Gasteiger partial charge in [0.15, 0.2) is 5.78 Å². The van der Waals surface area contributed by atoms with Gasteiger partial charge in [0.2, 0.25) is 0 Å². The molecule has 1 aliphatic heterocycles. The van der Waals surface area contributed by atoms with Crippen LogP contribution in [0.3, 0.4) is 0 Å². The summed E-state index contributed by atoms with van der Waals surface area (Å²) in [6.07, 6.45) is 4.31. The molecule has 0 saturated heterocycles. The van der Waals surface area contributed by atoms with Crippen molar-refractivity contribution in [2.45, 2.75) is 25.7 Å². The Hall–Kier alpha value is -1.31. The van der Waals surface area contributed by atoms with E-state index in [0.29, 0.717) is 11.7 Å². The lowest BCUT2D eigenvalue weighted by atomic mass is 9.80. The van der Waals surface area contributed by atoms with Crippen molar-refractivity contribution in [2.75, 3.05) is 6.61 Å². The summed E-state index contributed by atoms with van der Waals surface area (Å²) in [4.78, 5) is 12.0. The number of hydrogen-bond acceptors (Lipinski definition) is 2. The quantitative estimate of drug-likeness (QED) is 0.689. The van der Waals surface area contributed by atoms with Crippen molar-refractivity contribution >= 4 is 5.78 Å². The number of carbonyl (C=O) groups excluding carboxylic acids is 1. The minimum absolute atomic E-state index is 0.297. The van der Waals surface area contributed by atoms with Crippen LogP contribution in [0.1, 0.15) is 35.2 Å². The third-order valence-electron chi connectivity index (χ3n) is 3.45. The Labute approximate surface area is 89.2 Å². The third-order valence-corrected chi connectivity index (χ3v) is 3.45. The first-order valence-corrected chi connectivity index (χ1v) is 5.64. The lowest BCUT2D eigenvalue weighted by Gasteiger charge is -2.23. The van der Waals surface area contributed by atoms with Crippen LogP contribution >= 0.6 is 0 Å². The molecule has 1 aromatic rings. The normalized spacial score (nSPS) is 19.2. The standard InChI is InChI=1S/C13H14O2/c14-13(9-2-1-3-9)11-4-5-12-10(8-11)6-7-15-12/h4-5,8-9H,1-3,6-7H2. The molecule has 78 valence electrons. The van der Waals surface area contributed by atoms with Crippen LogP contribution in [0.4, 0.5) is 0 Å². The lowest BCUT2D eigenvalue weighted by Crippen LogP contribution is -2.21. The average Bonchev–Trinajstić information content (AvgIpc) is 2.61. The van der Waals surface area contributed by atoms with Gasteiger partial charge in [0.25, 0.3) is 0 Å². The SMILES string of the molecule is O=C(c1ccc2c(c1)CCO2)C1CCC1. The molecule has 0 spiro atoms. The Morgan fingerprint density at radius 2 is 2.20 bits per heavy atom. The van der Waals surface area contributed by atoms with Gasteiger partial charge in [0, 0.05) is 17.9 Å². The summed E-state index contributed by atoms with van der Waals surface area (Å²) in [5, 5.41) is 0. The minimum Gasteiger partial charge on any atom is -0.493 e. The van der Waals surface area contributed by atoms with Crippen molar-refractivity contribution in [3.05, 3.63) is 29.3 Å². The Kier molecular flexibility index (Phi) is 2.01. The van der Waals surface area contributed by atoms with Crippen LogP contribution in [0.25, 0.3) is 0 Å². The summed E-state index contributed by atoms with van der Waals surface area (Å²) in [5.41, 5.74) is 2.07. The molecule has 0 aromatic heterocycles. The van der Waals surface area contributed by atoms with Crippen LogP contribution in [0.2, 0.25) is 0 Å². The zero-order valence-corrected chi connectivity index (χ0v) is 8.66. The maximum absolute atomic E-state index is 12.0. The van der Waals surface area contributed by atoms with Crippen LogP contribution in [0.15, 0.2) is 18.2 Å². The fourth-order valence-corrected chi connectivity index (χ4v) is 2.25. The summed E-state index contributed by atoms with van der Waals surface area (Å²) < 4.78 is 5.42. The van der Waals surface area contributed by atoms with Gasteiger partial charge in [-0.3, -0.25) is 4.79 Å². The summed E-state index contributed by atoms with van der Waals surface area (Å²) >= 11 is 0. The molecule has 1 heterocycles. The number of hydrogen-bond donors (Lipinski definition) is 0. The number of ether oxygens (including phenoxy) is 1. The average molecular weight is 202 g/mol. The van der Waals surface area contributed by atoms with Crippen molar-refractivity contribution < 1.29 is 9.53 Å². The van der Waals surface area contributed by atoms with Crippen molar-refractivity contribution in [3.8, 4) is 5.75 Å². The highest BCUT2D eigenvalue weighted by atomic mass is 16.5. The van der Waals surface area contributed by atoms with Crippen molar-refractivity contribution in [1.29, 1.82) is 0 Å². The fraction of sp³-hybridized carbons (Fsp3) is 0.462. The van der Waals surface area contributed by atoms with E-state index in [1.807, 2.05) is 18.2 Å². The van der Waals surface area contributed by atoms with E-state index in [9.17, 15) is 4.79 Å². The molecule has 2 heteroatoms. The highest BCUT2D eigenvalue weighted by Gasteiger charge is 2.27. The Morgan fingerprint density at radius 3 is 2.93 bits per heavy atom. The fourth-order valence-electron chi connectivity index (χ4n) is 2.25. The van der Waals surface area contributed by atoms with Crippen molar-refractivity contribution in [3.63, 3.8) is 0 Å². The molecule has 3 rings (SSSR count). The molecule has 0 bridgehead atoms. The van der Waals surface area contributed by atoms with E-state index in [2.05, 4.69) is 0 Å². The van der Waals surface area contributed by atoms with Gasteiger partial charge in [-0.1, -0.05) is 6.42 Å². The van der Waals surface area contributed by atoms with E-state index in [0.717, 1.165) is 37.2 Å². The first-order valence-electron chi connectivity index (χ1n) is 5.64. The third kappa shape index (κ3) is 1.44. The highest BCUT2D eigenvalue weighted by Crippen LogP contribution is 2.32. The van der Waals surface area contributed by atoms with Gasteiger partial charge in [-0.15, -0.1) is 0 Å². The Bertz CT molecular complexity index is 405. The number of carbonyl (C=O) groups is 1. The first-order chi connectivity index (χ1) is 7.34. The zero-order chi connectivity index (χ0) is 10.3. The van der Waals surface area contributed by atoms with Gasteiger partial charge in [0.05, 0.1) is 6.61 Å². The molecule has 0 amide bonds. The molecule has 0 atom stereocenters. The molecule has 0 unspecified atom stereocenters. The molecule has 1 aromatic carbocycles. The topological polar surface area (TPSA) is 26.3 Å². The van der Waals surface area contributed by atoms with Crippen molar-refractivity contribution in [2.24, 2.45) is 5.92 Å². The second kappa shape index (κ2) is 3.37. The van der Waals surface area contributed by atoms with E-state index in [-0.39, 0.29) is 0 Å². The number of benzene rings is 1. The van der Waals surface area contributed by atoms with Crippen molar-refractivity contribution in [1.82, 2.24) is 0 Å². The van der Waals surface area contributed by atoms with Gasteiger partial charge in [-0.25, -0.2) is 0 Å². The number of ketones is 1. The largest absolute Gasteiger partial charge is 0.493 e. The summed E-state index contributed by atoms with van der Waals surface area (Å²) in [5.74, 6) is 1.58. The molecule has 15 heavy (non-hydrogen) atoms. The van der Waals surface area contributed by atoms with Gasteiger partial charge >= 0.3 is 0 Å². The molecule has 0 radical (unpaired) electrons. The van der Waals surface area contributed by atoms with Gasteiger partial charge in [-0.2, -0.15) is 0 Å². The van der Waals surface area contributed by atoms with E-state index in [4.69, 9.17) is 4.74 Å². The lowest BCUT2D eigenvalue weighted by molar-refractivity contribution is 0.0855. The van der Waals surface area contributed by atoms with Crippen LogP contribution in [0, 0.1) is 5.92 Å². The van der Waals surface area contributed by atoms with E-state index in [1.165, 1.54) is 12.0 Å². The summed E-state index contributed by atoms with van der Waals surface area (Å²) in [6, 6.07) is 5.86. The Morgan fingerprint density at radius 1 is 1.33 bits per heavy atom. The second-order valence-electron chi connectivity index (χ2n) is 4.41. The zero-order valence-electron chi connectivity index (χ0n) is 8.66. The summed E-state index contributed by atoms with van der Waals surface area (Å²) in [6.45, 7) is 0.760.